The molecule has 24 heavy (non-hydrogen) atoms. The zero-order chi connectivity index (χ0) is 17.1. The topological polar surface area (TPSA) is 114 Å². The largest absolute Gasteiger partial charge is 0.369 e. The number of benzene rings is 1. The third kappa shape index (κ3) is 3.79. The molecule has 0 saturated carbocycles. The van der Waals surface area contributed by atoms with Crippen LogP contribution >= 0.6 is 22.9 Å². The van der Waals surface area contributed by atoms with Gasteiger partial charge in [-0.1, -0.05) is 23.7 Å². The number of aromatic nitrogens is 3. The molecule has 0 radical (unpaired) electrons. The number of halogens is 1. The predicted octanol–water partition coefficient (Wildman–Crippen LogP) is 2.47. The second kappa shape index (κ2) is 6.81. The molecule has 0 saturated heterocycles. The number of amides is 2. The number of carbonyl (C=O) groups excluding carboxylic acids is 2. The van der Waals surface area contributed by atoms with Crippen molar-refractivity contribution in [2.24, 2.45) is 5.73 Å². The number of thiazole rings is 1. The van der Waals surface area contributed by atoms with E-state index >= 15 is 0 Å². The van der Waals surface area contributed by atoms with E-state index in [-0.39, 0.29) is 18.0 Å². The molecular weight excluding hydrogens is 350 g/mol. The van der Waals surface area contributed by atoms with E-state index in [4.69, 9.17) is 17.3 Å². The van der Waals surface area contributed by atoms with Gasteiger partial charge in [-0.15, -0.1) is 11.3 Å². The molecule has 2 aromatic heterocycles. The second-order valence-electron chi connectivity index (χ2n) is 4.92. The maximum atomic E-state index is 12.2. The number of hydrogen-bond donors (Lipinski definition) is 3. The van der Waals surface area contributed by atoms with E-state index in [9.17, 15) is 9.59 Å². The summed E-state index contributed by atoms with van der Waals surface area (Å²) in [6.07, 6.45) is 0.0370. The lowest BCUT2D eigenvalue weighted by molar-refractivity contribution is -0.117. The van der Waals surface area contributed by atoms with Crippen LogP contribution in [0.4, 0.5) is 5.13 Å². The smallest absolute Gasteiger partial charge is 0.275 e. The van der Waals surface area contributed by atoms with Crippen molar-refractivity contribution in [3.63, 3.8) is 0 Å². The number of rotatable bonds is 5. The van der Waals surface area contributed by atoms with Gasteiger partial charge in [0.05, 0.1) is 17.8 Å². The summed E-state index contributed by atoms with van der Waals surface area (Å²) in [5.74, 6) is -0.853. The Labute approximate surface area is 145 Å². The number of nitrogens with one attached hydrogen (secondary N) is 2. The summed E-state index contributed by atoms with van der Waals surface area (Å²) in [6, 6.07) is 8.80. The van der Waals surface area contributed by atoms with Crippen molar-refractivity contribution in [3.8, 4) is 11.3 Å². The van der Waals surface area contributed by atoms with Crippen LogP contribution in [0.25, 0.3) is 11.3 Å². The molecule has 122 valence electrons. The van der Waals surface area contributed by atoms with Crippen molar-refractivity contribution in [2.75, 3.05) is 5.32 Å². The normalized spacial score (nSPS) is 10.5. The molecule has 2 amide bonds. The summed E-state index contributed by atoms with van der Waals surface area (Å²) in [5, 5.41) is 12.1. The number of anilines is 1. The molecule has 0 spiro atoms. The number of hydrogen-bond acceptors (Lipinski definition) is 5. The lowest BCUT2D eigenvalue weighted by Gasteiger charge is -1.98. The van der Waals surface area contributed by atoms with Crippen LogP contribution in [-0.4, -0.2) is 27.0 Å². The van der Waals surface area contributed by atoms with Gasteiger partial charge in [-0.25, -0.2) is 4.98 Å². The van der Waals surface area contributed by atoms with Gasteiger partial charge in [0.15, 0.2) is 5.13 Å². The van der Waals surface area contributed by atoms with E-state index in [1.54, 1.807) is 23.6 Å². The molecule has 0 unspecified atom stereocenters. The fraction of sp³-hybridized carbons (Fsp3) is 0.0667. The molecular formula is C15H12ClN5O2S. The van der Waals surface area contributed by atoms with Crippen LogP contribution in [0.3, 0.4) is 0 Å². The fourth-order valence-electron chi connectivity index (χ4n) is 2.02. The van der Waals surface area contributed by atoms with Crippen molar-refractivity contribution in [1.82, 2.24) is 15.2 Å². The summed E-state index contributed by atoms with van der Waals surface area (Å²) in [4.78, 5) is 27.2. The summed E-state index contributed by atoms with van der Waals surface area (Å²) < 4.78 is 0. The van der Waals surface area contributed by atoms with Crippen molar-refractivity contribution < 1.29 is 9.59 Å². The van der Waals surface area contributed by atoms with E-state index in [1.165, 1.54) is 11.3 Å². The van der Waals surface area contributed by atoms with E-state index in [1.807, 2.05) is 12.1 Å². The highest BCUT2D eigenvalue weighted by Gasteiger charge is 2.13. The van der Waals surface area contributed by atoms with Gasteiger partial charge in [-0.2, -0.15) is 5.10 Å². The molecule has 7 nitrogen and oxygen atoms in total. The maximum Gasteiger partial charge on any atom is 0.275 e. The van der Waals surface area contributed by atoms with Crippen LogP contribution in [0.5, 0.6) is 0 Å². The zero-order valence-electron chi connectivity index (χ0n) is 12.2. The minimum absolute atomic E-state index is 0.0370. The monoisotopic (exact) mass is 361 g/mol. The molecule has 0 aliphatic heterocycles. The number of nitrogens with two attached hydrogens (primary N) is 1. The molecule has 0 bridgehead atoms. The van der Waals surface area contributed by atoms with Crippen molar-refractivity contribution >= 4 is 39.9 Å². The Balaban J connectivity index is 1.72. The molecule has 0 aliphatic carbocycles. The Morgan fingerprint density at radius 2 is 2.17 bits per heavy atom. The molecule has 0 aliphatic rings. The zero-order valence-corrected chi connectivity index (χ0v) is 13.8. The van der Waals surface area contributed by atoms with Crippen molar-refractivity contribution in [1.29, 1.82) is 0 Å². The van der Waals surface area contributed by atoms with Gasteiger partial charge in [0.2, 0.25) is 5.91 Å². The third-order valence-corrected chi connectivity index (χ3v) is 4.11. The summed E-state index contributed by atoms with van der Waals surface area (Å²) in [6.45, 7) is 0. The molecule has 0 atom stereocenters. The first-order chi connectivity index (χ1) is 11.5. The van der Waals surface area contributed by atoms with Crippen molar-refractivity contribution in [2.45, 2.75) is 6.42 Å². The number of H-pyrrole nitrogens is 1. The Hall–Kier alpha value is -2.71. The Bertz CT molecular complexity index is 905. The summed E-state index contributed by atoms with van der Waals surface area (Å²) in [5.41, 5.74) is 7.33. The Kier molecular flexibility index (Phi) is 4.59. The predicted molar refractivity (Wildman–Crippen MR) is 92.0 cm³/mol. The lowest BCUT2D eigenvalue weighted by atomic mass is 10.1. The van der Waals surface area contributed by atoms with Gasteiger partial charge >= 0.3 is 0 Å². The van der Waals surface area contributed by atoms with Gasteiger partial charge in [0.1, 0.15) is 5.69 Å². The van der Waals surface area contributed by atoms with Gasteiger partial charge in [-0.05, 0) is 18.2 Å². The highest BCUT2D eigenvalue weighted by Crippen LogP contribution is 2.22. The maximum absolute atomic E-state index is 12.2. The minimum Gasteiger partial charge on any atom is -0.369 e. The Morgan fingerprint density at radius 1 is 1.33 bits per heavy atom. The van der Waals surface area contributed by atoms with E-state index < -0.39 is 5.91 Å². The molecule has 4 N–H and O–H groups in total. The number of carbonyl (C=O) groups is 2. The van der Waals surface area contributed by atoms with Gasteiger partial charge in [0, 0.05) is 16.0 Å². The summed E-state index contributed by atoms with van der Waals surface area (Å²) >= 11 is 7.17. The average molecular weight is 362 g/mol. The average Bonchev–Trinajstić information content (AvgIpc) is 3.16. The number of aromatic amines is 1. The van der Waals surface area contributed by atoms with E-state index in [2.05, 4.69) is 20.5 Å². The lowest BCUT2D eigenvalue weighted by Crippen LogP contribution is -2.14. The quantitative estimate of drug-likeness (QED) is 0.647. The molecule has 0 fully saturated rings. The van der Waals surface area contributed by atoms with E-state index in [0.717, 1.165) is 5.56 Å². The molecule has 9 heteroatoms. The number of nitrogens with zero attached hydrogens (tertiary/aromatic N) is 2. The summed E-state index contributed by atoms with van der Waals surface area (Å²) in [7, 11) is 0. The first-order valence-electron chi connectivity index (χ1n) is 6.86. The van der Waals surface area contributed by atoms with Crippen LogP contribution in [-0.2, 0) is 11.2 Å². The Morgan fingerprint density at radius 3 is 2.92 bits per heavy atom. The van der Waals surface area contributed by atoms with Crippen LogP contribution < -0.4 is 11.1 Å². The molecule has 3 rings (SSSR count). The molecule has 3 aromatic rings. The third-order valence-electron chi connectivity index (χ3n) is 3.07. The minimum atomic E-state index is -0.474. The fourth-order valence-corrected chi connectivity index (χ4v) is 2.92. The van der Waals surface area contributed by atoms with Gasteiger partial charge in [-0.3, -0.25) is 20.0 Å². The standard InChI is InChI=1S/C15H12ClN5O2S/c16-9-3-1-2-8(4-9)11-6-12(21-20-11)14(23)19-15-18-10(7-24-15)5-13(17)22/h1-4,6-7H,5H2,(H2,17,22)(H,20,21)(H,18,19,23). The van der Waals surface area contributed by atoms with E-state index in [0.29, 0.717) is 21.5 Å². The van der Waals surface area contributed by atoms with Crippen LogP contribution in [0.1, 0.15) is 16.2 Å². The first-order valence-corrected chi connectivity index (χ1v) is 8.12. The van der Waals surface area contributed by atoms with Crippen molar-refractivity contribution in [3.05, 3.63) is 52.1 Å². The second-order valence-corrected chi connectivity index (χ2v) is 6.21. The van der Waals surface area contributed by atoms with Gasteiger partial charge < -0.3 is 5.73 Å². The SMILES string of the molecule is NC(=O)Cc1csc(NC(=O)c2cc(-c3cccc(Cl)c3)n[nH]2)n1. The highest BCUT2D eigenvalue weighted by molar-refractivity contribution is 7.14. The number of primary amides is 1. The van der Waals surface area contributed by atoms with Crippen LogP contribution in [0, 0.1) is 0 Å². The van der Waals surface area contributed by atoms with Crippen LogP contribution in [0.15, 0.2) is 35.7 Å². The highest BCUT2D eigenvalue weighted by atomic mass is 35.5. The first kappa shape index (κ1) is 16.2. The molecule has 2 heterocycles. The molecule has 1 aromatic carbocycles. The van der Waals surface area contributed by atoms with Crippen LogP contribution in [0.2, 0.25) is 5.02 Å². The van der Waals surface area contributed by atoms with Gasteiger partial charge in [0.25, 0.3) is 5.91 Å².